The Bertz CT molecular complexity index is 704. The Morgan fingerprint density at radius 1 is 1.30 bits per heavy atom. The average Bonchev–Trinajstić information content (AvgIpc) is 2.99. The third-order valence-corrected chi connectivity index (χ3v) is 4.78. The van der Waals surface area contributed by atoms with E-state index >= 15 is 0 Å². The maximum atomic E-state index is 12.8. The number of likely N-dealkylation sites (tertiary alicyclic amines) is 1. The summed E-state index contributed by atoms with van der Waals surface area (Å²) in [6.07, 6.45) is 3.82. The molecule has 2 aliphatic heterocycles. The van der Waals surface area contributed by atoms with Gasteiger partial charge in [-0.25, -0.2) is 13.1 Å². The number of sulfonamides is 1. The summed E-state index contributed by atoms with van der Waals surface area (Å²) in [6, 6.07) is 4.99. The Labute approximate surface area is 135 Å². The van der Waals surface area contributed by atoms with Crippen LogP contribution in [0.3, 0.4) is 0 Å². The molecule has 1 N–H and O–H groups in total. The number of rotatable bonds is 4. The lowest BCUT2D eigenvalue weighted by Crippen LogP contribution is -2.49. The molecule has 0 unspecified atom stereocenters. The Morgan fingerprint density at radius 3 is 2.87 bits per heavy atom. The van der Waals surface area contributed by atoms with Crippen molar-refractivity contribution >= 4 is 15.9 Å². The number of hydrogen-bond donors (Lipinski definition) is 1. The largest absolute Gasteiger partial charge is 0.454 e. The number of carbonyl (C=O) groups excluding carboxylic acids is 1. The molecule has 126 valence electrons. The van der Waals surface area contributed by atoms with E-state index in [-0.39, 0.29) is 25.3 Å². The highest BCUT2D eigenvalue weighted by atomic mass is 32.2. The normalized spacial score (nSPS) is 20.6. The first-order chi connectivity index (χ1) is 10.9. The van der Waals surface area contributed by atoms with Gasteiger partial charge in [0.15, 0.2) is 11.5 Å². The minimum atomic E-state index is -3.27. The Kier molecular flexibility index (Phi) is 4.45. The summed E-state index contributed by atoms with van der Waals surface area (Å²) in [6.45, 7) is 1.04. The molecule has 1 aromatic carbocycles. The van der Waals surface area contributed by atoms with Crippen molar-refractivity contribution < 1.29 is 22.7 Å². The van der Waals surface area contributed by atoms with Gasteiger partial charge in [-0.1, -0.05) is 0 Å². The number of benzene rings is 1. The summed E-state index contributed by atoms with van der Waals surface area (Å²) in [7, 11) is -3.27. The number of hydrogen-bond acceptors (Lipinski definition) is 5. The predicted molar refractivity (Wildman–Crippen MR) is 84.1 cm³/mol. The van der Waals surface area contributed by atoms with Gasteiger partial charge in [0.1, 0.15) is 0 Å². The summed E-state index contributed by atoms with van der Waals surface area (Å²) >= 11 is 0. The highest BCUT2D eigenvalue weighted by Crippen LogP contribution is 2.33. The van der Waals surface area contributed by atoms with E-state index in [4.69, 9.17) is 9.47 Å². The van der Waals surface area contributed by atoms with Crippen LogP contribution >= 0.6 is 0 Å². The lowest BCUT2D eigenvalue weighted by atomic mass is 10.0. The van der Waals surface area contributed by atoms with Crippen LogP contribution < -0.4 is 14.2 Å². The molecular weight excluding hydrogens is 320 g/mol. The van der Waals surface area contributed by atoms with Crippen LogP contribution in [0.1, 0.15) is 29.6 Å². The first-order valence-electron chi connectivity index (χ1n) is 7.59. The maximum Gasteiger partial charge on any atom is 0.254 e. The van der Waals surface area contributed by atoms with Crippen molar-refractivity contribution in [1.82, 2.24) is 9.62 Å². The van der Waals surface area contributed by atoms with Crippen molar-refractivity contribution in [2.75, 3.05) is 26.1 Å². The third kappa shape index (κ3) is 3.76. The summed E-state index contributed by atoms with van der Waals surface area (Å²) in [4.78, 5) is 14.5. The molecule has 1 saturated heterocycles. The Balaban J connectivity index is 1.75. The van der Waals surface area contributed by atoms with Crippen molar-refractivity contribution in [3.05, 3.63) is 23.8 Å². The van der Waals surface area contributed by atoms with Crippen molar-refractivity contribution in [3.63, 3.8) is 0 Å². The van der Waals surface area contributed by atoms with Crippen LogP contribution in [0.5, 0.6) is 11.5 Å². The molecule has 23 heavy (non-hydrogen) atoms. The van der Waals surface area contributed by atoms with Crippen LogP contribution in [-0.4, -0.2) is 51.4 Å². The minimum absolute atomic E-state index is 0.108. The fourth-order valence-electron chi connectivity index (χ4n) is 2.92. The molecule has 1 amide bonds. The van der Waals surface area contributed by atoms with Gasteiger partial charge in [0.05, 0.1) is 6.26 Å². The number of ether oxygens (including phenoxy) is 2. The van der Waals surface area contributed by atoms with Gasteiger partial charge >= 0.3 is 0 Å². The lowest BCUT2D eigenvalue weighted by Gasteiger charge is -2.35. The number of carbonyl (C=O) groups is 1. The highest BCUT2D eigenvalue weighted by molar-refractivity contribution is 7.88. The summed E-state index contributed by atoms with van der Waals surface area (Å²) in [5, 5.41) is 0. The first kappa shape index (κ1) is 16.1. The van der Waals surface area contributed by atoms with Crippen LogP contribution in [0.25, 0.3) is 0 Å². The van der Waals surface area contributed by atoms with Gasteiger partial charge in [0.2, 0.25) is 16.8 Å². The van der Waals surface area contributed by atoms with Crippen LogP contribution in [0.15, 0.2) is 18.2 Å². The van der Waals surface area contributed by atoms with E-state index in [2.05, 4.69) is 4.72 Å². The van der Waals surface area contributed by atoms with E-state index < -0.39 is 10.0 Å². The number of piperidine rings is 1. The second kappa shape index (κ2) is 6.37. The van der Waals surface area contributed by atoms with Crippen LogP contribution in [0, 0.1) is 0 Å². The van der Waals surface area contributed by atoms with E-state index in [1.165, 1.54) is 0 Å². The van der Waals surface area contributed by atoms with Crippen molar-refractivity contribution in [2.45, 2.75) is 25.3 Å². The molecule has 2 heterocycles. The van der Waals surface area contributed by atoms with Crippen molar-refractivity contribution in [2.24, 2.45) is 0 Å². The monoisotopic (exact) mass is 340 g/mol. The number of nitrogens with one attached hydrogen (secondary N) is 1. The third-order valence-electron chi connectivity index (χ3n) is 4.09. The predicted octanol–water partition coefficient (Wildman–Crippen LogP) is 0.959. The lowest BCUT2D eigenvalue weighted by molar-refractivity contribution is 0.0618. The standard InChI is InChI=1S/C15H20N2O5S/c1-23(19,20)16-9-12-4-2-3-7-17(12)15(18)11-5-6-13-14(8-11)22-10-21-13/h5-6,8,12,16H,2-4,7,9-10H2,1H3/t12-/m0/s1. The number of amides is 1. The van der Waals surface area contributed by atoms with Gasteiger partial charge < -0.3 is 14.4 Å². The average molecular weight is 340 g/mol. The zero-order chi connectivity index (χ0) is 16.4. The van der Waals surface area contributed by atoms with E-state index in [1.54, 1.807) is 23.1 Å². The Hall–Kier alpha value is -1.80. The van der Waals surface area contributed by atoms with Gasteiger partial charge in [0, 0.05) is 24.7 Å². The molecule has 1 aromatic rings. The second-order valence-electron chi connectivity index (χ2n) is 5.84. The highest BCUT2D eigenvalue weighted by Gasteiger charge is 2.29. The number of nitrogens with zero attached hydrogens (tertiary/aromatic N) is 1. The van der Waals surface area contributed by atoms with Crippen LogP contribution in [0.2, 0.25) is 0 Å². The first-order valence-corrected chi connectivity index (χ1v) is 9.48. The number of fused-ring (bicyclic) bond motifs is 1. The molecule has 0 aromatic heterocycles. The van der Waals surface area contributed by atoms with E-state index in [1.807, 2.05) is 0 Å². The quantitative estimate of drug-likeness (QED) is 0.882. The molecular formula is C15H20N2O5S. The van der Waals surface area contributed by atoms with Crippen molar-refractivity contribution in [3.8, 4) is 11.5 Å². The molecule has 0 bridgehead atoms. The zero-order valence-electron chi connectivity index (χ0n) is 12.9. The molecule has 8 heteroatoms. The van der Waals surface area contributed by atoms with Gasteiger partial charge in [-0.05, 0) is 37.5 Å². The summed E-state index contributed by atoms with van der Waals surface area (Å²) in [5.41, 5.74) is 0.528. The molecule has 2 aliphatic rings. The van der Waals surface area contributed by atoms with E-state index in [0.29, 0.717) is 23.6 Å². The molecule has 0 saturated carbocycles. The molecule has 0 spiro atoms. The van der Waals surface area contributed by atoms with E-state index in [9.17, 15) is 13.2 Å². The topological polar surface area (TPSA) is 84.9 Å². The molecule has 7 nitrogen and oxygen atoms in total. The fourth-order valence-corrected chi connectivity index (χ4v) is 3.42. The minimum Gasteiger partial charge on any atom is -0.454 e. The molecule has 0 radical (unpaired) electrons. The maximum absolute atomic E-state index is 12.8. The smallest absolute Gasteiger partial charge is 0.254 e. The van der Waals surface area contributed by atoms with Gasteiger partial charge in [0.25, 0.3) is 5.91 Å². The van der Waals surface area contributed by atoms with Crippen LogP contribution in [0.4, 0.5) is 0 Å². The second-order valence-corrected chi connectivity index (χ2v) is 7.67. The van der Waals surface area contributed by atoms with Gasteiger partial charge in [-0.15, -0.1) is 0 Å². The Morgan fingerprint density at radius 2 is 2.09 bits per heavy atom. The van der Waals surface area contributed by atoms with Gasteiger partial charge in [-0.3, -0.25) is 4.79 Å². The molecule has 1 fully saturated rings. The van der Waals surface area contributed by atoms with E-state index in [0.717, 1.165) is 25.5 Å². The molecule has 1 atom stereocenters. The molecule has 3 rings (SSSR count). The summed E-state index contributed by atoms with van der Waals surface area (Å²) < 4.78 is 35.7. The zero-order valence-corrected chi connectivity index (χ0v) is 13.8. The SMILES string of the molecule is CS(=O)(=O)NC[C@@H]1CCCCN1C(=O)c1ccc2c(c1)OCO2. The molecule has 0 aliphatic carbocycles. The summed E-state index contributed by atoms with van der Waals surface area (Å²) in [5.74, 6) is 1.09. The van der Waals surface area contributed by atoms with Gasteiger partial charge in [-0.2, -0.15) is 0 Å². The van der Waals surface area contributed by atoms with Crippen LogP contribution in [-0.2, 0) is 10.0 Å². The fraction of sp³-hybridized carbons (Fsp3) is 0.533. The van der Waals surface area contributed by atoms with Crippen molar-refractivity contribution in [1.29, 1.82) is 0 Å².